The van der Waals surface area contributed by atoms with Crippen LogP contribution in [-0.2, 0) is 0 Å². The Hall–Kier alpha value is -1.79. The first kappa shape index (κ1) is 8.79. The summed E-state index contributed by atoms with van der Waals surface area (Å²) >= 11 is 1.50. The highest BCUT2D eigenvalue weighted by atomic mass is 32.1. The van der Waals surface area contributed by atoms with Crippen LogP contribution in [0.25, 0.3) is 15.7 Å². The summed E-state index contributed by atoms with van der Waals surface area (Å²) in [5.74, 6) is 0. The Morgan fingerprint density at radius 1 is 1.43 bits per heavy atom. The van der Waals surface area contributed by atoms with Gasteiger partial charge >= 0.3 is 0 Å². The van der Waals surface area contributed by atoms with E-state index in [1.165, 1.54) is 11.3 Å². The normalized spacial score (nSPS) is 11.5. The average molecular weight is 201 g/mol. The van der Waals surface area contributed by atoms with Gasteiger partial charge in [0.05, 0.1) is 6.26 Å². The summed E-state index contributed by atoms with van der Waals surface area (Å²) in [6.45, 7) is 0. The molecular weight excluding hydrogens is 194 g/mol. The number of nitriles is 1. The molecule has 0 unspecified atom stereocenters. The minimum atomic E-state index is 0.311. The fourth-order valence-electron chi connectivity index (χ4n) is 1.26. The highest BCUT2D eigenvalue weighted by molar-refractivity contribution is 7.20. The Balaban J connectivity index is 2.62. The molecule has 1 heterocycles. The van der Waals surface area contributed by atoms with Gasteiger partial charge < -0.3 is 5.11 Å². The van der Waals surface area contributed by atoms with Crippen LogP contribution >= 0.6 is 11.3 Å². The maximum atomic E-state index is 8.83. The predicted molar refractivity (Wildman–Crippen MR) is 58.0 cm³/mol. The molecule has 0 fully saturated rings. The summed E-state index contributed by atoms with van der Waals surface area (Å²) in [5.41, 5.74) is 0.311. The molecule has 14 heavy (non-hydrogen) atoms. The molecule has 0 saturated heterocycles. The van der Waals surface area contributed by atoms with E-state index in [0.29, 0.717) is 5.57 Å². The molecule has 0 aliphatic heterocycles. The summed E-state index contributed by atoms with van der Waals surface area (Å²) in [6.07, 6.45) is 0.852. The molecule has 68 valence electrons. The van der Waals surface area contributed by atoms with Gasteiger partial charge in [-0.15, -0.1) is 11.3 Å². The third-order valence-electron chi connectivity index (χ3n) is 1.94. The van der Waals surface area contributed by atoms with Crippen LogP contribution in [-0.4, -0.2) is 5.11 Å². The summed E-state index contributed by atoms with van der Waals surface area (Å²) < 4.78 is 1.12. The highest BCUT2D eigenvalue weighted by Crippen LogP contribution is 2.29. The van der Waals surface area contributed by atoms with Gasteiger partial charge in [-0.05, 0) is 17.5 Å². The second kappa shape index (κ2) is 3.52. The number of nitrogens with zero attached hydrogens (tertiary/aromatic N) is 1. The first-order valence-corrected chi connectivity index (χ1v) is 4.90. The zero-order valence-electron chi connectivity index (χ0n) is 7.27. The van der Waals surface area contributed by atoms with E-state index < -0.39 is 0 Å². The van der Waals surface area contributed by atoms with E-state index in [1.807, 2.05) is 36.4 Å². The second-order valence-electron chi connectivity index (χ2n) is 2.80. The van der Waals surface area contributed by atoms with Crippen molar-refractivity contribution in [3.8, 4) is 6.07 Å². The molecule has 1 aromatic heterocycles. The number of hydrogen-bond donors (Lipinski definition) is 1. The molecule has 2 rings (SSSR count). The molecule has 0 spiro atoms. The lowest BCUT2D eigenvalue weighted by Gasteiger charge is -1.86. The Labute approximate surface area is 85.3 Å². The van der Waals surface area contributed by atoms with Crippen molar-refractivity contribution < 1.29 is 5.11 Å². The van der Waals surface area contributed by atoms with Crippen molar-refractivity contribution in [3.05, 3.63) is 41.5 Å². The number of thiophene rings is 1. The molecule has 0 aliphatic rings. The number of hydrogen-bond acceptors (Lipinski definition) is 3. The van der Waals surface area contributed by atoms with Gasteiger partial charge in [-0.2, -0.15) is 5.26 Å². The topological polar surface area (TPSA) is 44.0 Å². The number of aliphatic hydroxyl groups is 1. The SMILES string of the molecule is N#CC(=CO)c1cc2ccccc2s1. The number of aliphatic hydroxyl groups excluding tert-OH is 1. The number of fused-ring (bicyclic) bond motifs is 1. The molecule has 0 aliphatic carbocycles. The van der Waals surface area contributed by atoms with Crippen LogP contribution in [0.1, 0.15) is 4.88 Å². The van der Waals surface area contributed by atoms with Crippen LogP contribution in [0.5, 0.6) is 0 Å². The average Bonchev–Trinajstić information content (AvgIpc) is 2.63. The Morgan fingerprint density at radius 3 is 2.86 bits per heavy atom. The highest BCUT2D eigenvalue weighted by Gasteiger charge is 2.05. The minimum Gasteiger partial charge on any atom is -0.514 e. The van der Waals surface area contributed by atoms with Crippen molar-refractivity contribution in [2.24, 2.45) is 0 Å². The van der Waals surface area contributed by atoms with Crippen molar-refractivity contribution in [2.45, 2.75) is 0 Å². The molecule has 1 aromatic carbocycles. The lowest BCUT2D eigenvalue weighted by atomic mass is 10.2. The van der Waals surface area contributed by atoms with Gasteiger partial charge in [-0.3, -0.25) is 0 Å². The van der Waals surface area contributed by atoms with E-state index in [1.54, 1.807) is 0 Å². The van der Waals surface area contributed by atoms with Gasteiger partial charge in [0.1, 0.15) is 11.6 Å². The molecule has 0 bridgehead atoms. The van der Waals surface area contributed by atoms with Crippen LogP contribution in [0.4, 0.5) is 0 Å². The van der Waals surface area contributed by atoms with E-state index in [2.05, 4.69) is 0 Å². The smallest absolute Gasteiger partial charge is 0.104 e. The summed E-state index contributed by atoms with van der Waals surface area (Å²) in [5, 5.41) is 18.7. The van der Waals surface area contributed by atoms with E-state index in [4.69, 9.17) is 10.4 Å². The van der Waals surface area contributed by atoms with E-state index in [-0.39, 0.29) is 0 Å². The molecule has 0 amide bonds. The largest absolute Gasteiger partial charge is 0.514 e. The summed E-state index contributed by atoms with van der Waals surface area (Å²) in [4.78, 5) is 0.802. The first-order chi connectivity index (χ1) is 6.85. The molecule has 2 nitrogen and oxygen atoms in total. The molecule has 0 saturated carbocycles. The lowest BCUT2D eigenvalue weighted by Crippen LogP contribution is -1.72. The third-order valence-corrected chi connectivity index (χ3v) is 3.09. The van der Waals surface area contributed by atoms with Gasteiger partial charge in [0.2, 0.25) is 0 Å². The molecule has 3 heteroatoms. The fourth-order valence-corrected chi connectivity index (χ4v) is 2.28. The van der Waals surface area contributed by atoms with E-state index >= 15 is 0 Å². The Morgan fingerprint density at radius 2 is 2.21 bits per heavy atom. The number of rotatable bonds is 1. The van der Waals surface area contributed by atoms with Gasteiger partial charge in [-0.1, -0.05) is 18.2 Å². The van der Waals surface area contributed by atoms with Crippen LogP contribution in [0, 0.1) is 11.3 Å². The second-order valence-corrected chi connectivity index (χ2v) is 3.89. The quantitative estimate of drug-likeness (QED) is 0.568. The lowest BCUT2D eigenvalue weighted by molar-refractivity contribution is 0.476. The molecule has 2 aromatic rings. The van der Waals surface area contributed by atoms with Gasteiger partial charge in [0.15, 0.2) is 0 Å². The van der Waals surface area contributed by atoms with Crippen molar-refractivity contribution in [3.63, 3.8) is 0 Å². The minimum absolute atomic E-state index is 0.311. The van der Waals surface area contributed by atoms with Gasteiger partial charge in [0.25, 0.3) is 0 Å². The number of allylic oxidation sites excluding steroid dienone is 1. The molecule has 0 radical (unpaired) electrons. The van der Waals surface area contributed by atoms with Gasteiger partial charge in [-0.25, -0.2) is 0 Å². The zero-order chi connectivity index (χ0) is 9.97. The van der Waals surface area contributed by atoms with Crippen molar-refractivity contribution >= 4 is 27.0 Å². The maximum absolute atomic E-state index is 8.83. The van der Waals surface area contributed by atoms with Crippen LogP contribution in [0.15, 0.2) is 36.6 Å². The predicted octanol–water partition coefficient (Wildman–Crippen LogP) is 3.32. The van der Waals surface area contributed by atoms with Crippen molar-refractivity contribution in [1.29, 1.82) is 5.26 Å². The Bertz CT molecular complexity index is 500. The third kappa shape index (κ3) is 1.36. The fraction of sp³-hybridized carbons (Fsp3) is 0. The van der Waals surface area contributed by atoms with Crippen molar-refractivity contribution in [1.82, 2.24) is 0 Å². The van der Waals surface area contributed by atoms with Gasteiger partial charge in [0, 0.05) is 9.58 Å². The summed E-state index contributed by atoms with van der Waals surface area (Å²) in [6, 6.07) is 11.7. The van der Waals surface area contributed by atoms with Crippen molar-refractivity contribution in [2.75, 3.05) is 0 Å². The molecular formula is C11H7NOS. The molecule has 1 N–H and O–H groups in total. The zero-order valence-corrected chi connectivity index (χ0v) is 8.08. The summed E-state index contributed by atoms with van der Waals surface area (Å²) in [7, 11) is 0. The molecule has 0 atom stereocenters. The first-order valence-electron chi connectivity index (χ1n) is 4.08. The maximum Gasteiger partial charge on any atom is 0.104 e. The monoisotopic (exact) mass is 201 g/mol. The van der Waals surface area contributed by atoms with E-state index in [9.17, 15) is 0 Å². The van der Waals surface area contributed by atoms with Crippen LogP contribution in [0.2, 0.25) is 0 Å². The Kier molecular flexibility index (Phi) is 2.21. The standard InChI is InChI=1S/C11H7NOS/c12-6-9(7-13)11-5-8-3-1-2-4-10(8)14-11/h1-5,7,13H. The van der Waals surface area contributed by atoms with Crippen LogP contribution in [0.3, 0.4) is 0 Å². The number of benzene rings is 1. The van der Waals surface area contributed by atoms with E-state index in [0.717, 1.165) is 21.2 Å². The van der Waals surface area contributed by atoms with Crippen LogP contribution < -0.4 is 0 Å².